The van der Waals surface area contributed by atoms with E-state index >= 15 is 0 Å². The minimum atomic E-state index is 1.04. The first-order valence-electron chi connectivity index (χ1n) is 14.0. The molecular weight excluding hydrogens is 468 g/mol. The molecule has 0 radical (unpaired) electrons. The van der Waals surface area contributed by atoms with Gasteiger partial charge in [0.05, 0.1) is 0 Å². The highest BCUT2D eigenvalue weighted by atomic mass is 14.2. The van der Waals surface area contributed by atoms with Crippen LogP contribution in [0, 0.1) is 6.92 Å². The van der Waals surface area contributed by atoms with Crippen molar-refractivity contribution < 1.29 is 0 Å². The van der Waals surface area contributed by atoms with E-state index in [4.69, 9.17) is 0 Å². The van der Waals surface area contributed by atoms with Gasteiger partial charge >= 0.3 is 0 Å². The molecule has 0 unspecified atom stereocenters. The van der Waals surface area contributed by atoms with E-state index in [1.165, 1.54) is 76.8 Å². The molecule has 0 spiro atoms. The van der Waals surface area contributed by atoms with Gasteiger partial charge in [0.15, 0.2) is 0 Å². The molecule has 0 N–H and O–H groups in total. The minimum Gasteiger partial charge on any atom is -0.0842 e. The van der Waals surface area contributed by atoms with Crippen molar-refractivity contribution in [3.63, 3.8) is 0 Å². The molecule has 0 nitrogen and oxygen atoms in total. The maximum Gasteiger partial charge on any atom is -0.00259 e. The van der Waals surface area contributed by atoms with E-state index in [-0.39, 0.29) is 0 Å². The average molecular weight is 503 g/mol. The summed E-state index contributed by atoms with van der Waals surface area (Å²) in [4.78, 5) is 0. The Morgan fingerprint density at radius 2 is 1.28 bits per heavy atom. The molecule has 6 aromatic rings. The third-order valence-electron chi connectivity index (χ3n) is 8.04. The van der Waals surface area contributed by atoms with E-state index in [1.807, 2.05) is 0 Å². The predicted octanol–water partition coefficient (Wildman–Crippen LogP) is 11.6. The largest absolute Gasteiger partial charge is 0.0842 e. The minimum absolute atomic E-state index is 1.04. The van der Waals surface area contributed by atoms with Crippen LogP contribution in [-0.4, -0.2) is 0 Å². The van der Waals surface area contributed by atoms with Gasteiger partial charge in [0, 0.05) is 0 Å². The van der Waals surface area contributed by atoms with Gasteiger partial charge in [-0.3, -0.25) is 0 Å². The zero-order valence-corrected chi connectivity index (χ0v) is 23.3. The van der Waals surface area contributed by atoms with Crippen LogP contribution in [-0.2, 0) is 0 Å². The number of rotatable bonds is 5. The summed E-state index contributed by atoms with van der Waals surface area (Å²) in [5.41, 5.74) is 10.3. The van der Waals surface area contributed by atoms with Gasteiger partial charge in [-0.25, -0.2) is 0 Å². The number of allylic oxidation sites excluding steroid dienone is 3. The Labute approximate surface area is 231 Å². The lowest BCUT2D eigenvalue weighted by Crippen LogP contribution is -1.93. The second-order valence-corrected chi connectivity index (χ2v) is 10.5. The quantitative estimate of drug-likeness (QED) is 0.206. The fraction of sp³-hybridized carbons (Fsp3) is 0.128. The molecule has 0 aliphatic rings. The zero-order chi connectivity index (χ0) is 26.9. The van der Waals surface area contributed by atoms with Crippen molar-refractivity contribution in [1.29, 1.82) is 0 Å². The molecule has 0 atom stereocenters. The molecule has 0 heterocycles. The van der Waals surface area contributed by atoms with Crippen LogP contribution in [0.4, 0.5) is 0 Å². The highest BCUT2D eigenvalue weighted by Crippen LogP contribution is 2.45. The summed E-state index contributed by atoms with van der Waals surface area (Å²) in [7, 11) is 0. The monoisotopic (exact) mass is 502 g/mol. The number of fused-ring (bicyclic) bond motifs is 3. The van der Waals surface area contributed by atoms with Gasteiger partial charge in [0.1, 0.15) is 0 Å². The maximum absolute atomic E-state index is 2.40. The molecule has 0 fully saturated rings. The van der Waals surface area contributed by atoms with Crippen LogP contribution in [0.15, 0.2) is 115 Å². The summed E-state index contributed by atoms with van der Waals surface area (Å²) in [6, 6.07) is 38.4. The Kier molecular flexibility index (Phi) is 6.63. The van der Waals surface area contributed by atoms with Crippen molar-refractivity contribution in [1.82, 2.24) is 0 Å². The summed E-state index contributed by atoms with van der Waals surface area (Å²) in [6.07, 6.45) is 7.71. The molecule has 0 saturated heterocycles. The van der Waals surface area contributed by atoms with Crippen LogP contribution in [0.1, 0.15) is 43.9 Å². The van der Waals surface area contributed by atoms with Gasteiger partial charge in [-0.1, -0.05) is 116 Å². The Morgan fingerprint density at radius 3 is 2.00 bits per heavy atom. The van der Waals surface area contributed by atoms with Crippen LogP contribution in [0.5, 0.6) is 0 Å². The molecule has 0 heteroatoms. The van der Waals surface area contributed by atoms with Crippen molar-refractivity contribution in [2.75, 3.05) is 0 Å². The molecule has 39 heavy (non-hydrogen) atoms. The first-order valence-corrected chi connectivity index (χ1v) is 14.0. The van der Waals surface area contributed by atoms with E-state index in [1.54, 1.807) is 0 Å². The van der Waals surface area contributed by atoms with Crippen molar-refractivity contribution in [2.24, 2.45) is 0 Å². The second kappa shape index (κ2) is 10.4. The molecule has 6 aromatic carbocycles. The Hall–Kier alpha value is -4.42. The lowest BCUT2D eigenvalue weighted by atomic mass is 9.84. The van der Waals surface area contributed by atoms with Gasteiger partial charge in [-0.15, -0.1) is 0 Å². The van der Waals surface area contributed by atoms with E-state index < -0.39 is 0 Å². The van der Waals surface area contributed by atoms with Gasteiger partial charge < -0.3 is 0 Å². The fourth-order valence-electron chi connectivity index (χ4n) is 5.82. The molecule has 0 aromatic heterocycles. The zero-order valence-electron chi connectivity index (χ0n) is 23.3. The molecule has 0 aliphatic heterocycles. The first kappa shape index (κ1) is 24.9. The van der Waals surface area contributed by atoms with E-state index in [0.717, 1.165) is 6.42 Å². The fourth-order valence-corrected chi connectivity index (χ4v) is 5.82. The summed E-state index contributed by atoms with van der Waals surface area (Å²) < 4.78 is 0. The number of hydrogen-bond acceptors (Lipinski definition) is 0. The summed E-state index contributed by atoms with van der Waals surface area (Å²) >= 11 is 0. The van der Waals surface area contributed by atoms with Gasteiger partial charge in [-0.05, 0) is 116 Å². The van der Waals surface area contributed by atoms with Crippen molar-refractivity contribution in [2.45, 2.75) is 34.1 Å². The van der Waals surface area contributed by atoms with Crippen LogP contribution in [0.25, 0.3) is 66.2 Å². The molecule has 0 saturated carbocycles. The maximum atomic E-state index is 2.40. The highest BCUT2D eigenvalue weighted by Gasteiger charge is 2.18. The first-order chi connectivity index (χ1) is 19.1. The normalized spacial score (nSPS) is 12.3. The standard InChI is InChI=1S/C39H34/c1-5-7-12-28-17-19-32(23-27(28)4)38-34-15-10-11-16-35(34)39(33-20-18-29-13-8-9-14-31(29)24-33)37-25-30(26(3)6-2)21-22-36(37)38/h6-25H,5H2,1-4H3/b12-7-,26-6+. The van der Waals surface area contributed by atoms with Crippen LogP contribution in [0.3, 0.4) is 0 Å². The van der Waals surface area contributed by atoms with E-state index in [9.17, 15) is 0 Å². The van der Waals surface area contributed by atoms with Crippen LogP contribution < -0.4 is 0 Å². The number of benzene rings is 6. The van der Waals surface area contributed by atoms with Crippen LogP contribution >= 0.6 is 0 Å². The SMILES string of the molecule is C/C=C(\C)c1ccc2c(-c3ccc(/C=C\CC)c(C)c3)c3ccccc3c(-c3ccc4ccccc4c3)c2c1. The second-order valence-electron chi connectivity index (χ2n) is 10.5. The molecule has 0 aliphatic carbocycles. The van der Waals surface area contributed by atoms with Crippen LogP contribution in [0.2, 0.25) is 0 Å². The van der Waals surface area contributed by atoms with E-state index in [2.05, 4.69) is 149 Å². The molecule has 6 rings (SSSR count). The van der Waals surface area contributed by atoms with E-state index in [0.29, 0.717) is 0 Å². The Morgan fingerprint density at radius 1 is 0.641 bits per heavy atom. The molecule has 0 amide bonds. The van der Waals surface area contributed by atoms with Gasteiger partial charge in [-0.2, -0.15) is 0 Å². The summed E-state index contributed by atoms with van der Waals surface area (Å²) in [5, 5.41) is 7.71. The Bertz CT molecular complexity index is 1910. The van der Waals surface area contributed by atoms with Gasteiger partial charge in [0.25, 0.3) is 0 Å². The topological polar surface area (TPSA) is 0 Å². The number of aryl methyl sites for hydroxylation is 1. The third kappa shape index (κ3) is 4.47. The predicted molar refractivity (Wildman–Crippen MR) is 173 cm³/mol. The summed E-state index contributed by atoms with van der Waals surface area (Å²) in [5.74, 6) is 0. The summed E-state index contributed by atoms with van der Waals surface area (Å²) in [6.45, 7) is 8.72. The molecular formula is C39H34. The average Bonchev–Trinajstić information content (AvgIpc) is 2.98. The van der Waals surface area contributed by atoms with Crippen molar-refractivity contribution in [3.05, 3.63) is 132 Å². The van der Waals surface area contributed by atoms with Crippen molar-refractivity contribution in [3.8, 4) is 22.3 Å². The molecule has 190 valence electrons. The lowest BCUT2D eigenvalue weighted by Gasteiger charge is -2.19. The number of hydrogen-bond donors (Lipinski definition) is 0. The molecule has 0 bridgehead atoms. The third-order valence-corrected chi connectivity index (χ3v) is 8.04. The Balaban J connectivity index is 1.73. The smallest absolute Gasteiger partial charge is 0.00259 e. The van der Waals surface area contributed by atoms with Crippen molar-refractivity contribution >= 4 is 44.0 Å². The highest BCUT2D eigenvalue weighted by molar-refractivity contribution is 6.22. The van der Waals surface area contributed by atoms with Gasteiger partial charge in [0.2, 0.25) is 0 Å². The lowest BCUT2D eigenvalue weighted by molar-refractivity contribution is 1.23.